The van der Waals surface area contributed by atoms with E-state index in [4.69, 9.17) is 0 Å². The Morgan fingerprint density at radius 1 is 0.482 bits per heavy atom. The second kappa shape index (κ2) is 12.4. The van der Waals surface area contributed by atoms with Crippen molar-refractivity contribution in [3.8, 4) is 0 Å². The molecule has 4 heterocycles. The van der Waals surface area contributed by atoms with Gasteiger partial charge < -0.3 is 0 Å². The summed E-state index contributed by atoms with van der Waals surface area (Å²) in [5.74, 6) is -3.44. The van der Waals surface area contributed by atoms with Crippen LogP contribution in [-0.4, -0.2) is 44.6 Å². The highest BCUT2D eigenvalue weighted by Crippen LogP contribution is 2.45. The van der Waals surface area contributed by atoms with Gasteiger partial charge in [-0.3, -0.25) is 47.7 Å². The fraction of sp³-hybridized carbons (Fsp3) is 0.227. The van der Waals surface area contributed by atoms with Gasteiger partial charge in [-0.15, -0.1) is 0 Å². The number of anilines is 2. The van der Waals surface area contributed by atoms with E-state index in [1.54, 1.807) is 57.7 Å². The van der Waals surface area contributed by atoms with Crippen molar-refractivity contribution in [2.24, 2.45) is 33.9 Å². The standard InChI is InChI=1S/C44H34N6O6/c1-23(51)47-37-9-5-3-7-29(37)31-19-33-35(21-39(31)47)43(55)49(41(33)53)27-15-11-25(12-16-27)45-46-26-13-17-28(18-14-26)50-42(54)34-20-32-30-8-4-6-10-38(30)48(24(2)52)40(32)22-36(34)44(50)56/h3-18,33-36H,19-22H2,1-2H3/t33-,34?,35+,36?/m1/s1. The van der Waals surface area contributed by atoms with E-state index in [0.29, 0.717) is 48.4 Å². The van der Waals surface area contributed by atoms with E-state index in [2.05, 4.69) is 10.2 Å². The van der Waals surface area contributed by atoms with Crippen molar-refractivity contribution >= 4 is 80.0 Å². The monoisotopic (exact) mass is 742 g/mol. The van der Waals surface area contributed by atoms with Crippen molar-refractivity contribution in [1.29, 1.82) is 0 Å². The number of rotatable bonds is 4. The number of imide groups is 2. The Morgan fingerprint density at radius 3 is 1.18 bits per heavy atom. The van der Waals surface area contributed by atoms with E-state index in [1.807, 2.05) is 48.5 Å². The van der Waals surface area contributed by atoms with Crippen LogP contribution in [0.1, 0.15) is 46.0 Å². The smallest absolute Gasteiger partial charge is 0.238 e. The van der Waals surface area contributed by atoms with Crippen molar-refractivity contribution in [3.05, 3.63) is 120 Å². The Hall–Kier alpha value is -6.82. The highest BCUT2D eigenvalue weighted by Gasteiger charge is 2.52. The summed E-state index contributed by atoms with van der Waals surface area (Å²) in [6, 6.07) is 28.7. The second-order valence-corrected chi connectivity index (χ2v) is 15.1. The Balaban J connectivity index is 0.834. The molecule has 0 bridgehead atoms. The van der Waals surface area contributed by atoms with E-state index in [-0.39, 0.29) is 35.4 Å². The SMILES string of the molecule is CC(=O)n1c2c(c3ccccc31)CC1C(=O)N(c3ccc(N=Nc4ccc(N5C(=O)[C@H]6Cc7c(c8ccccc8n7C(C)=O)C[C@H]6C5=O)cc4)cc3)C(=O)C1C2. The number of carbonyl (C=O) groups excluding carboxylic acids is 6. The summed E-state index contributed by atoms with van der Waals surface area (Å²) in [4.78, 5) is 82.7. The lowest BCUT2D eigenvalue weighted by atomic mass is 9.79. The molecule has 10 rings (SSSR count). The summed E-state index contributed by atoms with van der Waals surface area (Å²) in [6.45, 7) is 3.02. The predicted molar refractivity (Wildman–Crippen MR) is 207 cm³/mol. The number of benzene rings is 4. The quantitative estimate of drug-likeness (QED) is 0.139. The lowest BCUT2D eigenvalue weighted by Crippen LogP contribution is -2.31. The minimum Gasteiger partial charge on any atom is -0.284 e. The topological polar surface area (TPSA) is 143 Å². The van der Waals surface area contributed by atoms with Gasteiger partial charge in [-0.05, 0) is 84.6 Å². The van der Waals surface area contributed by atoms with E-state index >= 15 is 0 Å². The molecule has 4 atom stereocenters. The van der Waals surface area contributed by atoms with Crippen LogP contribution in [0.15, 0.2) is 107 Å². The third kappa shape index (κ3) is 4.84. The number of amides is 4. The molecule has 0 N–H and O–H groups in total. The van der Waals surface area contributed by atoms with Gasteiger partial charge in [0.2, 0.25) is 35.4 Å². The zero-order valence-corrected chi connectivity index (χ0v) is 30.5. The van der Waals surface area contributed by atoms with Gasteiger partial charge in [-0.25, -0.2) is 0 Å². The molecule has 2 aliphatic heterocycles. The Bertz CT molecular complexity index is 2590. The van der Waals surface area contributed by atoms with Crippen LogP contribution in [0.5, 0.6) is 0 Å². The van der Waals surface area contributed by atoms with Gasteiger partial charge in [-0.1, -0.05) is 36.4 Å². The second-order valence-electron chi connectivity index (χ2n) is 15.1. The zero-order valence-electron chi connectivity index (χ0n) is 30.5. The van der Waals surface area contributed by atoms with Crippen LogP contribution in [0.4, 0.5) is 22.7 Å². The normalized spacial score (nSPS) is 21.6. The molecule has 4 aromatic carbocycles. The third-order valence-corrected chi connectivity index (χ3v) is 12.1. The number of fused-ring (bicyclic) bond motifs is 8. The van der Waals surface area contributed by atoms with E-state index in [9.17, 15) is 28.8 Å². The van der Waals surface area contributed by atoms with Gasteiger partial charge in [0, 0.05) is 48.8 Å². The van der Waals surface area contributed by atoms with Crippen molar-refractivity contribution < 1.29 is 28.8 Å². The molecule has 12 heteroatoms. The summed E-state index contributed by atoms with van der Waals surface area (Å²) < 4.78 is 3.36. The number of nitrogens with zero attached hydrogens (tertiary/aromatic N) is 6. The minimum atomic E-state index is -0.554. The highest BCUT2D eigenvalue weighted by molar-refractivity contribution is 6.23. The van der Waals surface area contributed by atoms with Gasteiger partial charge in [0.05, 0.1) is 57.5 Å². The number of hydrogen-bond acceptors (Lipinski definition) is 8. The number of hydrogen-bond donors (Lipinski definition) is 0. The first-order valence-electron chi connectivity index (χ1n) is 18.7. The van der Waals surface area contributed by atoms with Crippen LogP contribution in [0.3, 0.4) is 0 Å². The van der Waals surface area contributed by atoms with Gasteiger partial charge >= 0.3 is 0 Å². The summed E-state index contributed by atoms with van der Waals surface area (Å²) in [5, 5.41) is 10.5. The van der Waals surface area contributed by atoms with E-state index in [0.717, 1.165) is 44.3 Å². The summed E-state index contributed by atoms with van der Waals surface area (Å²) in [6.07, 6.45) is 1.41. The van der Waals surface area contributed by atoms with Gasteiger partial charge in [-0.2, -0.15) is 10.2 Å². The molecule has 2 fully saturated rings. The van der Waals surface area contributed by atoms with Crippen molar-refractivity contribution in [2.75, 3.05) is 9.80 Å². The van der Waals surface area contributed by atoms with Crippen molar-refractivity contribution in [1.82, 2.24) is 9.13 Å². The molecule has 0 saturated carbocycles. The Kier molecular flexibility index (Phi) is 7.44. The fourth-order valence-electron chi connectivity index (χ4n) is 9.63. The molecular weight excluding hydrogens is 709 g/mol. The molecule has 2 aromatic heterocycles. The first-order valence-corrected chi connectivity index (χ1v) is 18.7. The molecular formula is C44H34N6O6. The molecule has 12 nitrogen and oxygen atoms in total. The predicted octanol–water partition coefficient (Wildman–Crippen LogP) is 7.14. The van der Waals surface area contributed by atoms with Crippen LogP contribution >= 0.6 is 0 Å². The highest BCUT2D eigenvalue weighted by atomic mass is 16.2. The first kappa shape index (κ1) is 33.7. The minimum absolute atomic E-state index is 0.124. The molecule has 4 aliphatic rings. The molecule has 2 saturated heterocycles. The van der Waals surface area contributed by atoms with Crippen LogP contribution < -0.4 is 9.80 Å². The maximum atomic E-state index is 13.7. The molecule has 0 radical (unpaired) electrons. The van der Waals surface area contributed by atoms with Crippen molar-refractivity contribution in [2.45, 2.75) is 39.5 Å². The zero-order chi connectivity index (χ0) is 38.6. The van der Waals surface area contributed by atoms with Gasteiger partial charge in [0.1, 0.15) is 0 Å². The van der Waals surface area contributed by atoms with Crippen LogP contribution in [0.25, 0.3) is 21.8 Å². The summed E-state index contributed by atoms with van der Waals surface area (Å²) in [5.41, 5.74) is 7.00. The first-order chi connectivity index (χ1) is 27.1. The number of azo groups is 1. The summed E-state index contributed by atoms with van der Waals surface area (Å²) >= 11 is 0. The number of aromatic nitrogens is 2. The van der Waals surface area contributed by atoms with Crippen LogP contribution in [0, 0.1) is 23.7 Å². The molecule has 0 spiro atoms. The fourth-order valence-corrected chi connectivity index (χ4v) is 9.63. The average molecular weight is 743 g/mol. The maximum Gasteiger partial charge on any atom is 0.238 e. The maximum absolute atomic E-state index is 13.7. The van der Waals surface area contributed by atoms with E-state index < -0.39 is 23.7 Å². The molecule has 56 heavy (non-hydrogen) atoms. The van der Waals surface area contributed by atoms with Crippen molar-refractivity contribution in [3.63, 3.8) is 0 Å². The number of para-hydroxylation sites is 2. The number of carbonyl (C=O) groups is 6. The molecule has 6 aromatic rings. The lowest BCUT2D eigenvalue weighted by molar-refractivity contribution is -0.124. The Labute approximate surface area is 320 Å². The largest absolute Gasteiger partial charge is 0.284 e. The molecule has 2 aliphatic carbocycles. The third-order valence-electron chi connectivity index (χ3n) is 12.1. The Morgan fingerprint density at radius 2 is 0.821 bits per heavy atom. The van der Waals surface area contributed by atoms with Gasteiger partial charge in [0.25, 0.3) is 0 Å². The van der Waals surface area contributed by atoms with E-state index in [1.165, 1.54) is 23.6 Å². The van der Waals surface area contributed by atoms with Crippen LogP contribution in [0.2, 0.25) is 0 Å². The molecule has 2 unspecified atom stereocenters. The molecule has 4 amide bonds. The molecule has 276 valence electrons. The lowest BCUT2D eigenvalue weighted by Gasteiger charge is -2.23. The average Bonchev–Trinajstić information content (AvgIpc) is 3.87. The summed E-state index contributed by atoms with van der Waals surface area (Å²) in [7, 11) is 0. The van der Waals surface area contributed by atoms with Gasteiger partial charge in [0.15, 0.2) is 0 Å². The van der Waals surface area contributed by atoms with Crippen LogP contribution in [-0.2, 0) is 44.9 Å².